The molecule has 0 fully saturated rings. The first-order valence-corrected chi connectivity index (χ1v) is 7.95. The minimum absolute atomic E-state index is 0.194. The molecule has 0 saturated heterocycles. The van der Waals surface area contributed by atoms with Crippen molar-refractivity contribution < 1.29 is 19.4 Å². The Balaban J connectivity index is 1.85. The van der Waals surface area contributed by atoms with Crippen molar-refractivity contribution in [3.8, 4) is 11.6 Å². The topological polar surface area (TPSA) is 109 Å². The molecule has 0 aliphatic heterocycles. The molecule has 1 atom stereocenters. The van der Waals surface area contributed by atoms with E-state index in [0.29, 0.717) is 23.7 Å². The molecule has 1 aromatic heterocycles. The van der Waals surface area contributed by atoms with Crippen LogP contribution < -0.4 is 20.1 Å². The van der Waals surface area contributed by atoms with Gasteiger partial charge in [0, 0.05) is 12.2 Å². The van der Waals surface area contributed by atoms with Crippen LogP contribution in [-0.4, -0.2) is 66.5 Å². The standard InChI is InChI=1S/C17H23N5O4/c1-22(2)9-13(23)10-26-14-6-4-12(5-7-14)20-17(24)21-15-8-18-11-19-16(15)25-3/h4-8,11,13,23H,9-10H2,1-3H3,(H2,20,21,24). The van der Waals surface area contributed by atoms with Gasteiger partial charge in [0.2, 0.25) is 5.88 Å². The summed E-state index contributed by atoms with van der Waals surface area (Å²) in [6.07, 6.45) is 2.20. The number of aliphatic hydroxyl groups excluding tert-OH is 1. The quantitative estimate of drug-likeness (QED) is 0.652. The van der Waals surface area contributed by atoms with E-state index in [1.165, 1.54) is 19.6 Å². The average Bonchev–Trinajstić information content (AvgIpc) is 2.61. The van der Waals surface area contributed by atoms with E-state index >= 15 is 0 Å². The number of nitrogens with zero attached hydrogens (tertiary/aromatic N) is 3. The van der Waals surface area contributed by atoms with Crippen molar-refractivity contribution in [3.63, 3.8) is 0 Å². The number of likely N-dealkylation sites (N-methyl/N-ethyl adjacent to an activating group) is 1. The van der Waals surface area contributed by atoms with Crippen LogP contribution in [0.3, 0.4) is 0 Å². The monoisotopic (exact) mass is 361 g/mol. The van der Waals surface area contributed by atoms with Crippen molar-refractivity contribution in [2.75, 3.05) is 45.0 Å². The number of amides is 2. The summed E-state index contributed by atoms with van der Waals surface area (Å²) < 4.78 is 10.6. The highest BCUT2D eigenvalue weighted by Crippen LogP contribution is 2.20. The number of aliphatic hydroxyl groups is 1. The minimum Gasteiger partial charge on any atom is -0.491 e. The van der Waals surface area contributed by atoms with E-state index in [2.05, 4.69) is 20.6 Å². The fourth-order valence-corrected chi connectivity index (χ4v) is 2.15. The molecule has 9 nitrogen and oxygen atoms in total. The molecular formula is C17H23N5O4. The van der Waals surface area contributed by atoms with Crippen LogP contribution in [0.1, 0.15) is 0 Å². The number of methoxy groups -OCH3 is 1. The summed E-state index contributed by atoms with van der Waals surface area (Å²) in [5, 5.41) is 15.1. The van der Waals surface area contributed by atoms with Gasteiger partial charge >= 0.3 is 6.03 Å². The SMILES string of the molecule is COc1ncncc1NC(=O)Nc1ccc(OCC(O)CN(C)C)cc1. The molecule has 0 saturated carbocycles. The van der Waals surface area contributed by atoms with Crippen LogP contribution in [0, 0.1) is 0 Å². The molecule has 2 amide bonds. The zero-order valence-corrected chi connectivity index (χ0v) is 15.0. The normalized spacial score (nSPS) is 11.7. The maximum atomic E-state index is 12.1. The number of carbonyl (C=O) groups is 1. The molecule has 3 N–H and O–H groups in total. The summed E-state index contributed by atoms with van der Waals surface area (Å²) in [5.41, 5.74) is 0.946. The Morgan fingerprint density at radius 2 is 2.00 bits per heavy atom. The van der Waals surface area contributed by atoms with Crippen molar-refractivity contribution in [3.05, 3.63) is 36.8 Å². The van der Waals surface area contributed by atoms with Gasteiger partial charge in [-0.2, -0.15) is 4.98 Å². The Morgan fingerprint density at radius 3 is 2.65 bits per heavy atom. The van der Waals surface area contributed by atoms with E-state index in [1.807, 2.05) is 19.0 Å². The Kier molecular flexibility index (Phi) is 7.12. The van der Waals surface area contributed by atoms with Crippen LogP contribution in [0.2, 0.25) is 0 Å². The molecule has 0 aliphatic carbocycles. The Bertz CT molecular complexity index is 709. The number of nitrogens with one attached hydrogen (secondary N) is 2. The van der Waals surface area contributed by atoms with Gasteiger partial charge in [0.05, 0.1) is 13.3 Å². The van der Waals surface area contributed by atoms with Gasteiger partial charge in [0.1, 0.15) is 30.5 Å². The summed E-state index contributed by atoms with van der Waals surface area (Å²) in [6.45, 7) is 0.714. The summed E-state index contributed by atoms with van der Waals surface area (Å²) in [6, 6.07) is 6.37. The smallest absolute Gasteiger partial charge is 0.323 e. The second-order valence-corrected chi connectivity index (χ2v) is 5.78. The molecule has 2 rings (SSSR count). The molecule has 0 spiro atoms. The molecule has 2 aromatic rings. The van der Waals surface area contributed by atoms with Crippen LogP contribution in [-0.2, 0) is 0 Å². The number of benzene rings is 1. The molecule has 140 valence electrons. The number of carbonyl (C=O) groups excluding carboxylic acids is 1. The van der Waals surface area contributed by atoms with Gasteiger partial charge in [-0.3, -0.25) is 0 Å². The summed E-state index contributed by atoms with van der Waals surface area (Å²) in [5.74, 6) is 0.877. The zero-order valence-electron chi connectivity index (χ0n) is 15.0. The highest BCUT2D eigenvalue weighted by molar-refractivity contribution is 6.00. The van der Waals surface area contributed by atoms with Crippen LogP contribution >= 0.6 is 0 Å². The molecule has 9 heteroatoms. The third kappa shape index (κ3) is 6.19. The third-order valence-electron chi connectivity index (χ3n) is 3.25. The maximum Gasteiger partial charge on any atom is 0.323 e. The highest BCUT2D eigenvalue weighted by atomic mass is 16.5. The lowest BCUT2D eigenvalue weighted by Gasteiger charge is -2.16. The highest BCUT2D eigenvalue weighted by Gasteiger charge is 2.09. The van der Waals surface area contributed by atoms with Gasteiger partial charge in [0.15, 0.2) is 0 Å². The molecule has 0 aliphatic rings. The van der Waals surface area contributed by atoms with Crippen LogP contribution in [0.4, 0.5) is 16.2 Å². The Morgan fingerprint density at radius 1 is 1.27 bits per heavy atom. The summed E-state index contributed by atoms with van der Waals surface area (Å²) >= 11 is 0. The van der Waals surface area contributed by atoms with Crippen molar-refractivity contribution >= 4 is 17.4 Å². The fraction of sp³-hybridized carbons (Fsp3) is 0.353. The second kappa shape index (κ2) is 9.54. The van der Waals surface area contributed by atoms with Gasteiger partial charge < -0.3 is 30.1 Å². The molecule has 0 radical (unpaired) electrons. The van der Waals surface area contributed by atoms with E-state index in [4.69, 9.17) is 9.47 Å². The van der Waals surface area contributed by atoms with Gasteiger partial charge in [-0.15, -0.1) is 0 Å². The number of hydrogen-bond donors (Lipinski definition) is 3. The first-order valence-electron chi connectivity index (χ1n) is 7.95. The minimum atomic E-state index is -0.573. The van der Waals surface area contributed by atoms with E-state index in [9.17, 15) is 9.90 Å². The van der Waals surface area contributed by atoms with Gasteiger partial charge in [-0.1, -0.05) is 0 Å². The van der Waals surface area contributed by atoms with Crippen molar-refractivity contribution in [2.45, 2.75) is 6.10 Å². The molecule has 1 aromatic carbocycles. The third-order valence-corrected chi connectivity index (χ3v) is 3.25. The van der Waals surface area contributed by atoms with E-state index < -0.39 is 12.1 Å². The Labute approximate surface area is 152 Å². The van der Waals surface area contributed by atoms with Crippen LogP contribution in [0.15, 0.2) is 36.8 Å². The Hall–Kier alpha value is -2.91. The van der Waals surface area contributed by atoms with Crippen molar-refractivity contribution in [2.24, 2.45) is 0 Å². The average molecular weight is 361 g/mol. The van der Waals surface area contributed by atoms with Crippen LogP contribution in [0.5, 0.6) is 11.6 Å². The number of ether oxygens (including phenoxy) is 2. The predicted molar refractivity (Wildman–Crippen MR) is 97.7 cm³/mol. The van der Waals surface area contributed by atoms with Gasteiger partial charge in [-0.25, -0.2) is 9.78 Å². The van der Waals surface area contributed by atoms with Gasteiger partial charge in [-0.05, 0) is 38.4 Å². The zero-order chi connectivity index (χ0) is 18.9. The first-order chi connectivity index (χ1) is 12.5. The van der Waals surface area contributed by atoms with Crippen molar-refractivity contribution in [1.29, 1.82) is 0 Å². The first kappa shape index (κ1) is 19.4. The lowest BCUT2D eigenvalue weighted by Crippen LogP contribution is -2.30. The molecule has 0 bridgehead atoms. The number of aromatic nitrogens is 2. The lowest BCUT2D eigenvalue weighted by molar-refractivity contribution is 0.0831. The van der Waals surface area contributed by atoms with E-state index in [1.54, 1.807) is 24.3 Å². The summed E-state index contributed by atoms with van der Waals surface area (Å²) in [7, 11) is 5.22. The lowest BCUT2D eigenvalue weighted by atomic mass is 10.3. The molecular weight excluding hydrogens is 338 g/mol. The largest absolute Gasteiger partial charge is 0.491 e. The number of urea groups is 1. The number of rotatable bonds is 8. The molecule has 1 unspecified atom stereocenters. The molecule has 26 heavy (non-hydrogen) atoms. The number of hydrogen-bond acceptors (Lipinski definition) is 7. The second-order valence-electron chi connectivity index (χ2n) is 5.78. The molecule has 1 heterocycles. The van der Waals surface area contributed by atoms with Crippen LogP contribution in [0.25, 0.3) is 0 Å². The number of anilines is 2. The maximum absolute atomic E-state index is 12.1. The van der Waals surface area contributed by atoms with E-state index in [0.717, 1.165) is 0 Å². The summed E-state index contributed by atoms with van der Waals surface area (Å²) in [4.78, 5) is 21.7. The predicted octanol–water partition coefficient (Wildman–Crippen LogP) is 1.43. The van der Waals surface area contributed by atoms with Gasteiger partial charge in [0.25, 0.3) is 0 Å². The van der Waals surface area contributed by atoms with E-state index in [-0.39, 0.29) is 12.5 Å². The fourth-order valence-electron chi connectivity index (χ4n) is 2.15. The van der Waals surface area contributed by atoms with Crippen molar-refractivity contribution in [1.82, 2.24) is 14.9 Å².